The summed E-state index contributed by atoms with van der Waals surface area (Å²) < 4.78 is 8.60. The first-order valence-corrected chi connectivity index (χ1v) is 6.32. The fourth-order valence-corrected chi connectivity index (χ4v) is 2.49. The summed E-state index contributed by atoms with van der Waals surface area (Å²) in [6.45, 7) is 2.89. The number of halogens is 1. The zero-order valence-corrected chi connectivity index (χ0v) is 11.1. The number of benzene rings is 1. The quantitative estimate of drug-likeness (QED) is 0.686. The molecule has 17 heavy (non-hydrogen) atoms. The highest BCUT2D eigenvalue weighted by molar-refractivity contribution is 9.10. The molecule has 3 aromatic rings. The summed E-state index contributed by atoms with van der Waals surface area (Å²) >= 11 is 3.33. The molecule has 0 amide bonds. The van der Waals surface area contributed by atoms with Gasteiger partial charge in [-0.05, 0) is 52.5 Å². The number of hydrogen-bond acceptors (Lipinski definition) is 1. The molecule has 0 aliphatic rings. The van der Waals surface area contributed by atoms with Gasteiger partial charge in [0.25, 0.3) is 0 Å². The van der Waals surface area contributed by atoms with Gasteiger partial charge in [-0.2, -0.15) is 0 Å². The van der Waals surface area contributed by atoms with E-state index in [1.54, 1.807) is 0 Å². The highest BCUT2D eigenvalue weighted by atomic mass is 79.9. The van der Waals surface area contributed by atoms with Gasteiger partial charge >= 0.3 is 0 Å². The van der Waals surface area contributed by atoms with Gasteiger partial charge in [0, 0.05) is 11.2 Å². The van der Waals surface area contributed by atoms with Crippen molar-refractivity contribution in [1.82, 2.24) is 4.57 Å². The summed E-state index contributed by atoms with van der Waals surface area (Å²) in [4.78, 5) is 0. The van der Waals surface area contributed by atoms with E-state index in [0.717, 1.165) is 17.0 Å². The molecule has 3 heteroatoms. The van der Waals surface area contributed by atoms with Crippen LogP contribution in [-0.2, 0) is 6.54 Å². The highest BCUT2D eigenvalue weighted by Gasteiger charge is 2.07. The van der Waals surface area contributed by atoms with E-state index in [0.29, 0.717) is 0 Å². The first kappa shape index (κ1) is 10.7. The van der Waals surface area contributed by atoms with Crippen molar-refractivity contribution in [2.45, 2.75) is 13.5 Å². The van der Waals surface area contributed by atoms with Crippen molar-refractivity contribution in [2.75, 3.05) is 0 Å². The Labute approximate surface area is 108 Å². The second kappa shape index (κ2) is 4.08. The maximum Gasteiger partial charge on any atom is 0.169 e. The lowest BCUT2D eigenvalue weighted by Crippen LogP contribution is -1.99. The van der Waals surface area contributed by atoms with E-state index in [2.05, 4.69) is 57.8 Å². The molecule has 86 valence electrons. The first-order valence-electron chi connectivity index (χ1n) is 5.53. The Morgan fingerprint density at radius 1 is 1.18 bits per heavy atom. The van der Waals surface area contributed by atoms with Crippen molar-refractivity contribution in [1.29, 1.82) is 0 Å². The molecule has 0 spiro atoms. The van der Waals surface area contributed by atoms with Crippen molar-refractivity contribution in [3.63, 3.8) is 0 Å². The average molecular weight is 290 g/mol. The third kappa shape index (κ3) is 1.91. The Balaban J connectivity index is 2.08. The van der Waals surface area contributed by atoms with E-state index >= 15 is 0 Å². The normalized spacial score (nSPS) is 11.2. The van der Waals surface area contributed by atoms with E-state index in [1.165, 1.54) is 16.6 Å². The Hall–Kier alpha value is -1.48. The number of aromatic nitrogens is 1. The number of para-hydroxylation sites is 1. The van der Waals surface area contributed by atoms with E-state index in [1.807, 2.05) is 12.1 Å². The summed E-state index contributed by atoms with van der Waals surface area (Å²) in [6.07, 6.45) is 0. The number of nitrogens with zero attached hydrogens (tertiary/aromatic N) is 1. The zero-order valence-electron chi connectivity index (χ0n) is 9.48. The number of fused-ring (bicyclic) bond motifs is 1. The maximum absolute atomic E-state index is 5.56. The largest absolute Gasteiger partial charge is 0.452 e. The van der Waals surface area contributed by atoms with Gasteiger partial charge in [-0.1, -0.05) is 18.2 Å². The van der Waals surface area contributed by atoms with Crippen LogP contribution in [0.4, 0.5) is 0 Å². The van der Waals surface area contributed by atoms with Crippen molar-refractivity contribution < 1.29 is 4.42 Å². The molecule has 2 nitrogen and oxygen atoms in total. The van der Waals surface area contributed by atoms with E-state index < -0.39 is 0 Å². The van der Waals surface area contributed by atoms with Crippen LogP contribution >= 0.6 is 15.9 Å². The molecule has 1 aromatic carbocycles. The molecule has 0 aliphatic carbocycles. The van der Waals surface area contributed by atoms with Crippen LogP contribution < -0.4 is 0 Å². The topological polar surface area (TPSA) is 18.1 Å². The summed E-state index contributed by atoms with van der Waals surface area (Å²) in [5, 5.41) is 1.27. The number of rotatable bonds is 2. The van der Waals surface area contributed by atoms with Crippen LogP contribution in [0.3, 0.4) is 0 Å². The molecular weight excluding hydrogens is 278 g/mol. The van der Waals surface area contributed by atoms with Crippen molar-refractivity contribution >= 4 is 26.8 Å². The lowest BCUT2D eigenvalue weighted by atomic mass is 10.2. The third-order valence-electron chi connectivity index (χ3n) is 2.96. The predicted molar refractivity (Wildman–Crippen MR) is 72.2 cm³/mol. The minimum atomic E-state index is 0.769. The molecule has 2 aromatic heterocycles. The Morgan fingerprint density at radius 2 is 2.00 bits per heavy atom. The van der Waals surface area contributed by atoms with Crippen LogP contribution in [0.25, 0.3) is 10.9 Å². The maximum atomic E-state index is 5.56. The Morgan fingerprint density at radius 3 is 2.76 bits per heavy atom. The Kier molecular flexibility index (Phi) is 2.56. The van der Waals surface area contributed by atoms with Crippen LogP contribution in [0.5, 0.6) is 0 Å². The monoisotopic (exact) mass is 289 g/mol. The molecule has 0 bridgehead atoms. The molecule has 0 aliphatic heterocycles. The van der Waals surface area contributed by atoms with Crippen LogP contribution in [0.2, 0.25) is 0 Å². The van der Waals surface area contributed by atoms with Gasteiger partial charge in [-0.25, -0.2) is 0 Å². The predicted octanol–water partition coefficient (Wildman–Crippen LogP) is 4.35. The number of hydrogen-bond donors (Lipinski definition) is 0. The average Bonchev–Trinajstić information content (AvgIpc) is 2.85. The lowest BCUT2D eigenvalue weighted by Gasteiger charge is -2.05. The highest BCUT2D eigenvalue weighted by Crippen LogP contribution is 2.22. The zero-order chi connectivity index (χ0) is 11.8. The molecule has 0 saturated heterocycles. The van der Waals surface area contributed by atoms with E-state index in [4.69, 9.17) is 4.42 Å². The summed E-state index contributed by atoms with van der Waals surface area (Å²) in [6, 6.07) is 14.5. The van der Waals surface area contributed by atoms with Gasteiger partial charge in [0.05, 0.1) is 6.54 Å². The molecular formula is C14H12BrNO. The molecule has 0 atom stereocenters. The fourth-order valence-electron chi connectivity index (χ4n) is 2.15. The van der Waals surface area contributed by atoms with Crippen LogP contribution in [-0.4, -0.2) is 4.57 Å². The number of furan rings is 1. The second-order valence-corrected chi connectivity index (χ2v) is 4.92. The molecule has 0 radical (unpaired) electrons. The van der Waals surface area contributed by atoms with Gasteiger partial charge in [0.15, 0.2) is 4.67 Å². The lowest BCUT2D eigenvalue weighted by molar-refractivity contribution is 0.475. The molecule has 3 rings (SSSR count). The van der Waals surface area contributed by atoms with Crippen LogP contribution in [0.1, 0.15) is 11.5 Å². The first-order chi connectivity index (χ1) is 8.24. The smallest absolute Gasteiger partial charge is 0.169 e. The summed E-state index contributed by atoms with van der Waals surface area (Å²) in [7, 11) is 0. The Bertz CT molecular complexity index is 666. The standard InChI is InChI=1S/C14H12BrNO/c1-10-8-11-4-2-3-5-13(11)16(10)9-12-6-7-14(15)17-12/h2-8H,9H2,1H3. The molecule has 0 N–H and O–H groups in total. The third-order valence-corrected chi connectivity index (χ3v) is 3.39. The van der Waals surface area contributed by atoms with Gasteiger partial charge in [-0.3, -0.25) is 0 Å². The second-order valence-electron chi connectivity index (χ2n) is 4.14. The van der Waals surface area contributed by atoms with Gasteiger partial charge in [0.1, 0.15) is 5.76 Å². The summed E-state index contributed by atoms with van der Waals surface area (Å²) in [5.41, 5.74) is 2.50. The van der Waals surface area contributed by atoms with Gasteiger partial charge in [-0.15, -0.1) is 0 Å². The summed E-state index contributed by atoms with van der Waals surface area (Å²) in [5.74, 6) is 0.960. The van der Waals surface area contributed by atoms with Crippen molar-refractivity contribution in [3.05, 3.63) is 58.6 Å². The van der Waals surface area contributed by atoms with E-state index in [-0.39, 0.29) is 0 Å². The fraction of sp³-hybridized carbons (Fsp3) is 0.143. The van der Waals surface area contributed by atoms with Gasteiger partial charge < -0.3 is 8.98 Å². The van der Waals surface area contributed by atoms with E-state index in [9.17, 15) is 0 Å². The SMILES string of the molecule is Cc1cc2ccccc2n1Cc1ccc(Br)o1. The molecule has 0 saturated carbocycles. The minimum Gasteiger partial charge on any atom is -0.452 e. The molecule has 0 fully saturated rings. The van der Waals surface area contributed by atoms with Crippen LogP contribution in [0, 0.1) is 6.92 Å². The van der Waals surface area contributed by atoms with Gasteiger partial charge in [0.2, 0.25) is 0 Å². The van der Waals surface area contributed by atoms with Crippen molar-refractivity contribution in [2.24, 2.45) is 0 Å². The molecule has 0 unspecified atom stereocenters. The minimum absolute atomic E-state index is 0.769. The van der Waals surface area contributed by atoms with Crippen LogP contribution in [0.15, 0.2) is 51.6 Å². The van der Waals surface area contributed by atoms with Crippen molar-refractivity contribution in [3.8, 4) is 0 Å². The molecule has 2 heterocycles. The number of aryl methyl sites for hydroxylation is 1.